The number of benzene rings is 1. The van der Waals surface area contributed by atoms with Crippen LogP contribution >= 0.6 is 0 Å². The zero-order valence-electron chi connectivity index (χ0n) is 13.7. The number of amides is 2. The Kier molecular flexibility index (Phi) is 4.74. The molecule has 1 aromatic carbocycles. The van der Waals surface area contributed by atoms with Crippen molar-refractivity contribution in [1.82, 2.24) is 10.2 Å². The highest BCUT2D eigenvalue weighted by atomic mass is 16.5. The molecule has 1 aromatic rings. The summed E-state index contributed by atoms with van der Waals surface area (Å²) in [6.07, 6.45) is 2.05. The summed E-state index contributed by atoms with van der Waals surface area (Å²) in [5.74, 6) is 0.407. The molecule has 2 rings (SSSR count). The van der Waals surface area contributed by atoms with Crippen LogP contribution in [0, 0.1) is 0 Å². The van der Waals surface area contributed by atoms with E-state index in [1.54, 1.807) is 45.2 Å². The molecule has 1 saturated heterocycles. The Morgan fingerprint density at radius 1 is 1.27 bits per heavy atom. The van der Waals surface area contributed by atoms with Crippen LogP contribution in [-0.2, 0) is 4.79 Å². The minimum absolute atomic E-state index is 0.0284. The Bertz CT molecular complexity index is 552. The maximum absolute atomic E-state index is 12.6. The Hall–Kier alpha value is -2.04. The third kappa shape index (κ3) is 3.40. The number of carbonyl (C=O) groups is 2. The normalized spacial score (nSPS) is 18.2. The fraction of sp³-hybridized carbons (Fsp3) is 0.529. The molecule has 0 aliphatic carbocycles. The number of nitrogens with one attached hydrogen (secondary N) is 1. The molecule has 1 N–H and O–H groups in total. The van der Waals surface area contributed by atoms with Crippen LogP contribution < -0.4 is 10.1 Å². The number of ether oxygens (including phenoxy) is 1. The van der Waals surface area contributed by atoms with Crippen molar-refractivity contribution < 1.29 is 14.3 Å². The summed E-state index contributed by atoms with van der Waals surface area (Å²) in [6, 6.07) is 7.07. The highest BCUT2D eigenvalue weighted by Gasteiger charge is 2.37. The molecule has 0 spiro atoms. The molecule has 1 aliphatic rings. The van der Waals surface area contributed by atoms with Gasteiger partial charge in [-0.1, -0.05) is 0 Å². The number of hydrogen-bond donors (Lipinski definition) is 1. The lowest BCUT2D eigenvalue weighted by Crippen LogP contribution is -2.56. The van der Waals surface area contributed by atoms with Gasteiger partial charge in [0.15, 0.2) is 0 Å². The van der Waals surface area contributed by atoms with Gasteiger partial charge in [0.25, 0.3) is 5.91 Å². The molecular formula is C17H24N2O3. The lowest BCUT2D eigenvalue weighted by Gasteiger charge is -2.32. The topological polar surface area (TPSA) is 58.6 Å². The van der Waals surface area contributed by atoms with Gasteiger partial charge < -0.3 is 15.0 Å². The monoisotopic (exact) mass is 304 g/mol. The average Bonchev–Trinajstić information content (AvgIpc) is 2.92. The van der Waals surface area contributed by atoms with Gasteiger partial charge in [0, 0.05) is 18.2 Å². The Balaban J connectivity index is 2.06. The van der Waals surface area contributed by atoms with Gasteiger partial charge in [-0.2, -0.15) is 0 Å². The number of likely N-dealkylation sites (tertiary alicyclic amines) is 1. The van der Waals surface area contributed by atoms with E-state index in [0.29, 0.717) is 11.3 Å². The van der Waals surface area contributed by atoms with Gasteiger partial charge in [-0.15, -0.1) is 0 Å². The third-order valence-corrected chi connectivity index (χ3v) is 4.13. The van der Waals surface area contributed by atoms with Crippen molar-refractivity contribution in [3.63, 3.8) is 0 Å². The van der Waals surface area contributed by atoms with E-state index < -0.39 is 5.54 Å². The predicted molar refractivity (Wildman–Crippen MR) is 84.9 cm³/mol. The molecule has 0 radical (unpaired) electrons. The van der Waals surface area contributed by atoms with E-state index in [1.165, 1.54) is 0 Å². The summed E-state index contributed by atoms with van der Waals surface area (Å²) in [4.78, 5) is 26.8. The molecule has 1 atom stereocenters. The Morgan fingerprint density at radius 2 is 1.91 bits per heavy atom. The predicted octanol–water partition coefficient (Wildman–Crippen LogP) is 2.21. The average molecular weight is 304 g/mol. The number of rotatable bonds is 4. The lowest BCUT2D eigenvalue weighted by atomic mass is 10.0. The lowest BCUT2D eigenvalue weighted by molar-refractivity contribution is -0.137. The molecule has 2 amide bonds. The highest BCUT2D eigenvalue weighted by molar-refractivity contribution is 5.99. The molecule has 1 fully saturated rings. The van der Waals surface area contributed by atoms with Crippen molar-refractivity contribution in [2.24, 2.45) is 0 Å². The van der Waals surface area contributed by atoms with Crippen LogP contribution in [0.25, 0.3) is 0 Å². The first kappa shape index (κ1) is 16.3. The van der Waals surface area contributed by atoms with Crippen LogP contribution in [0.2, 0.25) is 0 Å². The van der Waals surface area contributed by atoms with E-state index in [0.717, 1.165) is 19.4 Å². The first-order valence-corrected chi connectivity index (χ1v) is 7.63. The summed E-state index contributed by atoms with van der Waals surface area (Å²) in [7, 11) is 1.58. The van der Waals surface area contributed by atoms with Crippen LogP contribution in [0.15, 0.2) is 24.3 Å². The van der Waals surface area contributed by atoms with Crippen molar-refractivity contribution >= 4 is 11.8 Å². The molecule has 120 valence electrons. The molecule has 5 nitrogen and oxygen atoms in total. The van der Waals surface area contributed by atoms with Crippen LogP contribution in [0.5, 0.6) is 5.75 Å². The molecule has 5 heteroatoms. The second-order valence-corrected chi connectivity index (χ2v) is 6.30. The third-order valence-electron chi connectivity index (χ3n) is 4.13. The number of nitrogens with zero attached hydrogens (tertiary/aromatic N) is 1. The van der Waals surface area contributed by atoms with E-state index in [-0.39, 0.29) is 17.9 Å². The molecular weight excluding hydrogens is 280 g/mol. The molecule has 1 heterocycles. The van der Waals surface area contributed by atoms with Crippen LogP contribution in [0.3, 0.4) is 0 Å². The summed E-state index contributed by atoms with van der Waals surface area (Å²) >= 11 is 0. The minimum Gasteiger partial charge on any atom is -0.497 e. The highest BCUT2D eigenvalue weighted by Crippen LogP contribution is 2.21. The quantitative estimate of drug-likeness (QED) is 0.928. The van der Waals surface area contributed by atoms with E-state index in [4.69, 9.17) is 4.74 Å². The second kappa shape index (κ2) is 6.38. The summed E-state index contributed by atoms with van der Waals surface area (Å²) in [5, 5.41) is 2.84. The van der Waals surface area contributed by atoms with Crippen LogP contribution in [0.1, 0.15) is 44.0 Å². The van der Waals surface area contributed by atoms with Gasteiger partial charge >= 0.3 is 0 Å². The van der Waals surface area contributed by atoms with Gasteiger partial charge in [-0.25, -0.2) is 0 Å². The van der Waals surface area contributed by atoms with Crippen molar-refractivity contribution in [1.29, 1.82) is 0 Å². The summed E-state index contributed by atoms with van der Waals surface area (Å²) < 4.78 is 5.07. The van der Waals surface area contributed by atoms with Crippen molar-refractivity contribution in [2.75, 3.05) is 13.7 Å². The van der Waals surface area contributed by atoms with Gasteiger partial charge in [0.2, 0.25) is 5.91 Å². The van der Waals surface area contributed by atoms with Crippen LogP contribution in [-0.4, -0.2) is 41.9 Å². The number of methoxy groups -OCH3 is 1. The van der Waals surface area contributed by atoms with Crippen molar-refractivity contribution in [2.45, 2.75) is 45.2 Å². The largest absolute Gasteiger partial charge is 0.497 e. The first-order chi connectivity index (χ1) is 10.3. The number of carbonyl (C=O) groups excluding carboxylic acids is 2. The fourth-order valence-electron chi connectivity index (χ4n) is 2.75. The van der Waals surface area contributed by atoms with Gasteiger partial charge in [0.1, 0.15) is 11.3 Å². The van der Waals surface area contributed by atoms with Crippen LogP contribution in [0.4, 0.5) is 0 Å². The van der Waals surface area contributed by atoms with Gasteiger partial charge in [-0.05, 0) is 57.9 Å². The first-order valence-electron chi connectivity index (χ1n) is 7.63. The minimum atomic E-state index is -0.921. The molecule has 1 aliphatic heterocycles. The van der Waals surface area contributed by atoms with E-state index in [9.17, 15) is 9.59 Å². The maximum Gasteiger partial charge on any atom is 0.252 e. The fourth-order valence-corrected chi connectivity index (χ4v) is 2.75. The van der Waals surface area contributed by atoms with Crippen molar-refractivity contribution in [3.8, 4) is 5.75 Å². The zero-order chi connectivity index (χ0) is 16.3. The molecule has 0 saturated carbocycles. The molecule has 0 aromatic heterocycles. The maximum atomic E-state index is 12.6. The Morgan fingerprint density at radius 3 is 2.41 bits per heavy atom. The standard InChI is InChI=1S/C17H24N2O3/c1-12-6-5-11-19(12)16(21)17(2,3)18-15(20)13-7-9-14(22-4)10-8-13/h7-10,12H,5-6,11H2,1-4H3,(H,18,20). The summed E-state index contributed by atoms with van der Waals surface area (Å²) in [6.45, 7) is 6.32. The molecule has 22 heavy (non-hydrogen) atoms. The second-order valence-electron chi connectivity index (χ2n) is 6.30. The van der Waals surface area contributed by atoms with E-state index in [2.05, 4.69) is 5.32 Å². The smallest absolute Gasteiger partial charge is 0.252 e. The number of hydrogen-bond acceptors (Lipinski definition) is 3. The SMILES string of the molecule is COc1ccc(C(=O)NC(C)(C)C(=O)N2CCCC2C)cc1. The van der Waals surface area contributed by atoms with Crippen molar-refractivity contribution in [3.05, 3.63) is 29.8 Å². The zero-order valence-corrected chi connectivity index (χ0v) is 13.7. The van der Waals surface area contributed by atoms with Gasteiger partial charge in [0.05, 0.1) is 7.11 Å². The van der Waals surface area contributed by atoms with E-state index in [1.807, 2.05) is 11.8 Å². The molecule has 1 unspecified atom stereocenters. The summed E-state index contributed by atoms with van der Waals surface area (Å²) in [5.41, 5.74) is -0.411. The Labute approximate surface area is 131 Å². The van der Waals surface area contributed by atoms with Gasteiger partial charge in [-0.3, -0.25) is 9.59 Å². The molecule has 0 bridgehead atoms. The van der Waals surface area contributed by atoms with E-state index >= 15 is 0 Å².